The first-order valence-electron chi connectivity index (χ1n) is 8.30. The predicted molar refractivity (Wildman–Crippen MR) is 91.5 cm³/mol. The Morgan fingerprint density at radius 3 is 2.58 bits per heavy atom. The molecule has 1 aliphatic rings. The minimum Gasteiger partial charge on any atom is -0.490 e. The highest BCUT2D eigenvalue weighted by atomic mass is 32.2. The standard InChI is InChI=1S/C17H23N3O3S/c1-13-18-12-14(20-13)10-11-19-24(21,22)17-8-6-16(7-9-17)23-15-4-2-3-5-15/h6-9,12,15,19H,2-5,10-11H2,1H3,(H,18,20). The van der Waals surface area contributed by atoms with Crippen LogP contribution in [-0.4, -0.2) is 31.0 Å². The van der Waals surface area contributed by atoms with E-state index in [0.29, 0.717) is 13.0 Å². The molecule has 0 aliphatic heterocycles. The van der Waals surface area contributed by atoms with Crippen LogP contribution in [0.25, 0.3) is 0 Å². The van der Waals surface area contributed by atoms with Gasteiger partial charge in [-0.3, -0.25) is 0 Å². The van der Waals surface area contributed by atoms with Gasteiger partial charge in [-0.25, -0.2) is 18.1 Å². The average Bonchev–Trinajstić information content (AvgIpc) is 3.20. The second kappa shape index (κ2) is 7.36. The van der Waals surface area contributed by atoms with Crippen LogP contribution in [0, 0.1) is 6.92 Å². The Labute approximate surface area is 142 Å². The van der Waals surface area contributed by atoms with Crippen LogP contribution in [0.2, 0.25) is 0 Å². The van der Waals surface area contributed by atoms with Crippen molar-refractivity contribution in [2.45, 2.75) is 50.0 Å². The van der Waals surface area contributed by atoms with E-state index < -0.39 is 10.0 Å². The monoisotopic (exact) mass is 349 g/mol. The van der Waals surface area contributed by atoms with Gasteiger partial charge in [-0.15, -0.1) is 0 Å². The molecule has 0 unspecified atom stereocenters. The molecule has 6 nitrogen and oxygen atoms in total. The lowest BCUT2D eigenvalue weighted by molar-refractivity contribution is 0.210. The van der Waals surface area contributed by atoms with E-state index in [4.69, 9.17) is 4.74 Å². The normalized spacial score (nSPS) is 15.7. The molecule has 3 rings (SSSR count). The molecule has 0 bridgehead atoms. The van der Waals surface area contributed by atoms with Gasteiger partial charge in [0.1, 0.15) is 11.6 Å². The third-order valence-electron chi connectivity index (χ3n) is 4.18. The molecule has 0 saturated heterocycles. The zero-order valence-corrected chi connectivity index (χ0v) is 14.6. The number of nitrogens with zero attached hydrogens (tertiary/aromatic N) is 1. The number of aryl methyl sites for hydroxylation is 1. The first kappa shape index (κ1) is 17.0. The molecule has 1 aromatic heterocycles. The molecule has 1 aromatic carbocycles. The number of sulfonamides is 1. The third kappa shape index (κ3) is 4.36. The second-order valence-electron chi connectivity index (χ2n) is 6.14. The number of ether oxygens (including phenoxy) is 1. The van der Waals surface area contributed by atoms with Crippen molar-refractivity contribution in [1.29, 1.82) is 0 Å². The molecule has 24 heavy (non-hydrogen) atoms. The smallest absolute Gasteiger partial charge is 0.240 e. The predicted octanol–water partition coefficient (Wildman–Crippen LogP) is 2.56. The number of hydrogen-bond donors (Lipinski definition) is 2. The summed E-state index contributed by atoms with van der Waals surface area (Å²) in [5.41, 5.74) is 0.913. The van der Waals surface area contributed by atoms with Gasteiger partial charge in [0.15, 0.2) is 0 Å². The Morgan fingerprint density at radius 2 is 1.96 bits per heavy atom. The maximum atomic E-state index is 12.3. The molecule has 130 valence electrons. The van der Waals surface area contributed by atoms with Gasteiger partial charge in [-0.2, -0.15) is 0 Å². The average molecular weight is 349 g/mol. The van der Waals surface area contributed by atoms with E-state index in [1.54, 1.807) is 30.5 Å². The summed E-state index contributed by atoms with van der Waals surface area (Å²) in [7, 11) is -3.51. The molecule has 0 atom stereocenters. The molecule has 1 aliphatic carbocycles. The van der Waals surface area contributed by atoms with E-state index >= 15 is 0 Å². The number of hydrogen-bond acceptors (Lipinski definition) is 4. The summed E-state index contributed by atoms with van der Waals surface area (Å²) in [6, 6.07) is 6.64. The lowest BCUT2D eigenvalue weighted by atomic mass is 10.3. The number of aromatic amines is 1. The van der Waals surface area contributed by atoms with E-state index in [0.717, 1.165) is 30.1 Å². The van der Waals surface area contributed by atoms with Crippen molar-refractivity contribution in [2.75, 3.05) is 6.54 Å². The highest BCUT2D eigenvalue weighted by Crippen LogP contribution is 2.24. The van der Waals surface area contributed by atoms with Crippen LogP contribution in [0.5, 0.6) is 5.75 Å². The Hall–Kier alpha value is -1.86. The lowest BCUT2D eigenvalue weighted by Crippen LogP contribution is -2.26. The number of rotatable bonds is 7. The van der Waals surface area contributed by atoms with Crippen molar-refractivity contribution in [3.63, 3.8) is 0 Å². The molecule has 0 spiro atoms. The van der Waals surface area contributed by atoms with Gasteiger partial charge >= 0.3 is 0 Å². The number of imidazole rings is 1. The van der Waals surface area contributed by atoms with E-state index in [-0.39, 0.29) is 11.0 Å². The van der Waals surface area contributed by atoms with Crippen LogP contribution in [0.1, 0.15) is 37.2 Å². The summed E-state index contributed by atoms with van der Waals surface area (Å²) < 4.78 is 33.1. The summed E-state index contributed by atoms with van der Waals surface area (Å²) in [6.07, 6.45) is 7.13. The highest BCUT2D eigenvalue weighted by molar-refractivity contribution is 7.89. The van der Waals surface area contributed by atoms with E-state index in [2.05, 4.69) is 14.7 Å². The van der Waals surface area contributed by atoms with Crippen molar-refractivity contribution in [3.05, 3.63) is 42.0 Å². The lowest BCUT2D eigenvalue weighted by Gasteiger charge is -2.13. The van der Waals surface area contributed by atoms with Gasteiger partial charge in [0.05, 0.1) is 11.0 Å². The van der Waals surface area contributed by atoms with Gasteiger partial charge in [0.25, 0.3) is 0 Å². The second-order valence-corrected chi connectivity index (χ2v) is 7.90. The van der Waals surface area contributed by atoms with Crippen molar-refractivity contribution >= 4 is 10.0 Å². The molecule has 2 N–H and O–H groups in total. The van der Waals surface area contributed by atoms with Crippen LogP contribution in [0.3, 0.4) is 0 Å². The summed E-state index contributed by atoms with van der Waals surface area (Å²) in [5, 5.41) is 0. The minimum atomic E-state index is -3.51. The largest absolute Gasteiger partial charge is 0.490 e. The van der Waals surface area contributed by atoms with Gasteiger partial charge in [-0.05, 0) is 56.9 Å². The van der Waals surface area contributed by atoms with Gasteiger partial charge in [-0.1, -0.05) is 0 Å². The van der Waals surface area contributed by atoms with Gasteiger partial charge in [0.2, 0.25) is 10.0 Å². The Balaban J connectivity index is 1.55. The molecule has 1 heterocycles. The molecule has 7 heteroatoms. The molecular formula is C17H23N3O3S. The van der Waals surface area contributed by atoms with Crippen LogP contribution in [0.15, 0.2) is 35.4 Å². The fourth-order valence-corrected chi connectivity index (χ4v) is 3.93. The number of nitrogens with one attached hydrogen (secondary N) is 2. The van der Waals surface area contributed by atoms with Gasteiger partial charge in [0, 0.05) is 24.9 Å². The summed E-state index contributed by atoms with van der Waals surface area (Å²) >= 11 is 0. The van der Waals surface area contributed by atoms with E-state index in [1.165, 1.54) is 12.8 Å². The summed E-state index contributed by atoms with van der Waals surface area (Å²) in [4.78, 5) is 7.43. The number of benzene rings is 1. The Morgan fingerprint density at radius 1 is 1.25 bits per heavy atom. The van der Waals surface area contributed by atoms with Crippen molar-refractivity contribution in [2.24, 2.45) is 0 Å². The summed E-state index contributed by atoms with van der Waals surface area (Å²) in [6.45, 7) is 2.19. The molecular weight excluding hydrogens is 326 g/mol. The first-order valence-corrected chi connectivity index (χ1v) is 9.78. The van der Waals surface area contributed by atoms with E-state index in [1.807, 2.05) is 6.92 Å². The maximum absolute atomic E-state index is 12.3. The van der Waals surface area contributed by atoms with Crippen LogP contribution >= 0.6 is 0 Å². The Bertz CT molecular complexity index is 763. The Kier molecular flexibility index (Phi) is 5.20. The fraction of sp³-hybridized carbons (Fsp3) is 0.471. The van der Waals surface area contributed by atoms with Crippen molar-refractivity contribution in [3.8, 4) is 5.75 Å². The van der Waals surface area contributed by atoms with Crippen LogP contribution in [0.4, 0.5) is 0 Å². The summed E-state index contributed by atoms with van der Waals surface area (Å²) in [5.74, 6) is 1.56. The third-order valence-corrected chi connectivity index (χ3v) is 5.66. The molecule has 1 saturated carbocycles. The number of aromatic nitrogens is 2. The molecule has 2 aromatic rings. The van der Waals surface area contributed by atoms with Gasteiger partial charge < -0.3 is 9.72 Å². The quantitative estimate of drug-likeness (QED) is 0.804. The van der Waals surface area contributed by atoms with Crippen molar-refractivity contribution < 1.29 is 13.2 Å². The fourth-order valence-electron chi connectivity index (χ4n) is 2.90. The minimum absolute atomic E-state index is 0.252. The molecule has 1 fully saturated rings. The van der Waals surface area contributed by atoms with Crippen LogP contribution < -0.4 is 9.46 Å². The topological polar surface area (TPSA) is 84.1 Å². The molecule has 0 radical (unpaired) electrons. The SMILES string of the molecule is Cc1ncc(CCNS(=O)(=O)c2ccc(OC3CCCC3)cc2)[nH]1. The highest BCUT2D eigenvalue weighted by Gasteiger charge is 2.17. The zero-order valence-electron chi connectivity index (χ0n) is 13.8. The van der Waals surface area contributed by atoms with Crippen molar-refractivity contribution in [1.82, 2.24) is 14.7 Å². The maximum Gasteiger partial charge on any atom is 0.240 e. The molecule has 0 amide bonds. The number of H-pyrrole nitrogens is 1. The first-order chi connectivity index (χ1) is 11.5. The zero-order chi connectivity index (χ0) is 17.0. The van der Waals surface area contributed by atoms with E-state index in [9.17, 15) is 8.42 Å². The van der Waals surface area contributed by atoms with Crippen LogP contribution in [-0.2, 0) is 16.4 Å².